The van der Waals surface area contributed by atoms with Crippen molar-refractivity contribution in [3.63, 3.8) is 0 Å². The predicted molar refractivity (Wildman–Crippen MR) is 66.2 cm³/mol. The second kappa shape index (κ2) is 7.10. The maximum Gasteiger partial charge on any atom is 0.226 e. The van der Waals surface area contributed by atoms with Gasteiger partial charge in [0.1, 0.15) is 0 Å². The molecule has 1 amide bonds. The van der Waals surface area contributed by atoms with E-state index in [0.717, 1.165) is 18.9 Å². The van der Waals surface area contributed by atoms with E-state index < -0.39 is 5.41 Å². The molecule has 0 atom stereocenters. The SMILES string of the molecule is CC(C)CCCCNC(=O)C(C)(C)CCl. The maximum atomic E-state index is 11.6. The van der Waals surface area contributed by atoms with Crippen molar-refractivity contribution in [1.82, 2.24) is 5.32 Å². The number of rotatable bonds is 7. The Morgan fingerprint density at radius 2 is 1.93 bits per heavy atom. The smallest absolute Gasteiger partial charge is 0.226 e. The first-order valence-corrected chi connectivity index (χ1v) is 6.28. The van der Waals surface area contributed by atoms with Crippen LogP contribution in [0.4, 0.5) is 0 Å². The van der Waals surface area contributed by atoms with Crippen molar-refractivity contribution in [3.05, 3.63) is 0 Å². The molecular weight excluding hydrogens is 210 g/mol. The Hall–Kier alpha value is -0.240. The summed E-state index contributed by atoms with van der Waals surface area (Å²) < 4.78 is 0. The van der Waals surface area contributed by atoms with Crippen molar-refractivity contribution in [2.75, 3.05) is 12.4 Å². The van der Waals surface area contributed by atoms with Crippen LogP contribution in [0.3, 0.4) is 0 Å². The molecule has 0 unspecified atom stereocenters. The first kappa shape index (κ1) is 14.8. The molecule has 2 nitrogen and oxygen atoms in total. The molecule has 0 radical (unpaired) electrons. The summed E-state index contributed by atoms with van der Waals surface area (Å²) in [7, 11) is 0. The van der Waals surface area contributed by atoms with Gasteiger partial charge in [-0.05, 0) is 26.2 Å². The van der Waals surface area contributed by atoms with Crippen LogP contribution in [0.1, 0.15) is 47.0 Å². The van der Waals surface area contributed by atoms with Crippen molar-refractivity contribution in [3.8, 4) is 0 Å². The Balaban J connectivity index is 3.56. The van der Waals surface area contributed by atoms with Gasteiger partial charge in [-0.1, -0.05) is 26.7 Å². The van der Waals surface area contributed by atoms with Crippen molar-refractivity contribution >= 4 is 17.5 Å². The van der Waals surface area contributed by atoms with E-state index in [9.17, 15) is 4.79 Å². The van der Waals surface area contributed by atoms with Crippen molar-refractivity contribution < 1.29 is 4.79 Å². The van der Waals surface area contributed by atoms with Gasteiger partial charge >= 0.3 is 0 Å². The van der Waals surface area contributed by atoms with Gasteiger partial charge in [-0.2, -0.15) is 0 Å². The van der Waals surface area contributed by atoms with Crippen LogP contribution in [0.15, 0.2) is 0 Å². The van der Waals surface area contributed by atoms with Gasteiger partial charge in [0, 0.05) is 12.4 Å². The number of hydrogen-bond acceptors (Lipinski definition) is 1. The molecule has 0 aliphatic rings. The Labute approximate surface area is 98.8 Å². The van der Waals surface area contributed by atoms with E-state index in [-0.39, 0.29) is 5.91 Å². The van der Waals surface area contributed by atoms with Gasteiger partial charge in [0.05, 0.1) is 5.41 Å². The molecule has 0 aromatic rings. The molecule has 0 saturated carbocycles. The third-order valence-electron chi connectivity index (χ3n) is 2.44. The molecule has 0 aromatic carbocycles. The first-order chi connectivity index (χ1) is 6.90. The number of alkyl halides is 1. The number of unbranched alkanes of at least 4 members (excludes halogenated alkanes) is 1. The Morgan fingerprint density at radius 1 is 1.33 bits per heavy atom. The Bertz CT molecular complexity index is 190. The molecule has 0 rings (SSSR count). The van der Waals surface area contributed by atoms with Gasteiger partial charge in [0.2, 0.25) is 5.91 Å². The molecule has 1 N–H and O–H groups in total. The normalized spacial score (nSPS) is 11.9. The third kappa shape index (κ3) is 6.77. The highest BCUT2D eigenvalue weighted by Gasteiger charge is 2.25. The highest BCUT2D eigenvalue weighted by atomic mass is 35.5. The monoisotopic (exact) mass is 233 g/mol. The standard InChI is InChI=1S/C12H24ClNO/c1-10(2)7-5-6-8-14-11(15)12(3,4)9-13/h10H,5-9H2,1-4H3,(H,14,15). The summed E-state index contributed by atoms with van der Waals surface area (Å²) in [4.78, 5) is 11.6. The van der Waals surface area contributed by atoms with Crippen molar-refractivity contribution in [1.29, 1.82) is 0 Å². The van der Waals surface area contributed by atoms with Gasteiger partial charge in [-0.25, -0.2) is 0 Å². The van der Waals surface area contributed by atoms with E-state index in [0.29, 0.717) is 5.88 Å². The Kier molecular flexibility index (Phi) is 6.99. The van der Waals surface area contributed by atoms with Crippen LogP contribution in [-0.4, -0.2) is 18.3 Å². The fraction of sp³-hybridized carbons (Fsp3) is 0.917. The zero-order chi connectivity index (χ0) is 11.9. The average molecular weight is 234 g/mol. The van der Waals surface area contributed by atoms with Crippen LogP contribution in [0, 0.1) is 11.3 Å². The van der Waals surface area contributed by atoms with Crippen LogP contribution < -0.4 is 5.32 Å². The number of hydrogen-bond donors (Lipinski definition) is 1. The highest BCUT2D eigenvalue weighted by molar-refractivity contribution is 6.19. The number of halogens is 1. The Morgan fingerprint density at radius 3 is 2.40 bits per heavy atom. The summed E-state index contributed by atoms with van der Waals surface area (Å²) in [6, 6.07) is 0. The van der Waals surface area contributed by atoms with Gasteiger partial charge in [-0.15, -0.1) is 11.6 Å². The van der Waals surface area contributed by atoms with E-state index in [1.54, 1.807) is 0 Å². The quantitative estimate of drug-likeness (QED) is 0.531. The van der Waals surface area contributed by atoms with Gasteiger partial charge in [-0.3, -0.25) is 4.79 Å². The molecule has 15 heavy (non-hydrogen) atoms. The van der Waals surface area contributed by atoms with Crippen molar-refractivity contribution in [2.24, 2.45) is 11.3 Å². The number of amides is 1. The van der Waals surface area contributed by atoms with E-state index in [1.807, 2.05) is 13.8 Å². The number of carbonyl (C=O) groups is 1. The van der Waals surface area contributed by atoms with E-state index in [2.05, 4.69) is 19.2 Å². The minimum atomic E-state index is -0.445. The molecule has 0 aliphatic heterocycles. The highest BCUT2D eigenvalue weighted by Crippen LogP contribution is 2.16. The van der Waals surface area contributed by atoms with Crippen LogP contribution in [-0.2, 0) is 4.79 Å². The second-order valence-electron chi connectivity index (χ2n) is 5.16. The molecule has 0 aromatic heterocycles. The molecule has 90 valence electrons. The van der Waals surface area contributed by atoms with Gasteiger partial charge < -0.3 is 5.32 Å². The fourth-order valence-corrected chi connectivity index (χ4v) is 1.30. The molecule has 0 fully saturated rings. The van der Waals surface area contributed by atoms with E-state index >= 15 is 0 Å². The summed E-state index contributed by atoms with van der Waals surface area (Å²) >= 11 is 5.71. The molecule has 0 saturated heterocycles. The number of nitrogens with one attached hydrogen (secondary N) is 1. The second-order valence-corrected chi connectivity index (χ2v) is 5.43. The molecular formula is C12H24ClNO. The minimum Gasteiger partial charge on any atom is -0.356 e. The van der Waals surface area contributed by atoms with E-state index in [4.69, 9.17) is 11.6 Å². The molecule has 0 bridgehead atoms. The topological polar surface area (TPSA) is 29.1 Å². The lowest BCUT2D eigenvalue weighted by atomic mass is 9.95. The summed E-state index contributed by atoms with van der Waals surface area (Å²) in [6.45, 7) is 8.93. The van der Waals surface area contributed by atoms with Crippen LogP contribution in [0.2, 0.25) is 0 Å². The zero-order valence-corrected chi connectivity index (χ0v) is 11.2. The average Bonchev–Trinajstić information content (AvgIpc) is 2.16. The van der Waals surface area contributed by atoms with Gasteiger partial charge in [0.25, 0.3) is 0 Å². The van der Waals surface area contributed by atoms with E-state index in [1.165, 1.54) is 12.8 Å². The molecule has 0 spiro atoms. The van der Waals surface area contributed by atoms with Crippen LogP contribution in [0.25, 0.3) is 0 Å². The summed E-state index contributed by atoms with van der Waals surface area (Å²) in [5.41, 5.74) is -0.445. The minimum absolute atomic E-state index is 0.0575. The van der Waals surface area contributed by atoms with Crippen molar-refractivity contribution in [2.45, 2.75) is 47.0 Å². The zero-order valence-electron chi connectivity index (χ0n) is 10.4. The van der Waals surface area contributed by atoms with Crippen LogP contribution in [0.5, 0.6) is 0 Å². The predicted octanol–water partition coefficient (Wildman–Crippen LogP) is 3.19. The summed E-state index contributed by atoms with van der Waals surface area (Å²) in [5, 5.41) is 2.92. The maximum absolute atomic E-state index is 11.6. The lowest BCUT2D eigenvalue weighted by molar-refractivity contribution is -0.128. The third-order valence-corrected chi connectivity index (χ3v) is 3.11. The summed E-state index contributed by atoms with van der Waals surface area (Å²) in [6.07, 6.45) is 3.47. The first-order valence-electron chi connectivity index (χ1n) is 5.74. The largest absolute Gasteiger partial charge is 0.356 e. The number of carbonyl (C=O) groups excluding carboxylic acids is 1. The summed E-state index contributed by atoms with van der Waals surface area (Å²) in [5.74, 6) is 1.17. The fourth-order valence-electron chi connectivity index (χ4n) is 1.18. The molecule has 0 heterocycles. The molecule has 3 heteroatoms. The lowest BCUT2D eigenvalue weighted by Gasteiger charge is -2.20. The van der Waals surface area contributed by atoms with Gasteiger partial charge in [0.15, 0.2) is 0 Å². The molecule has 0 aliphatic carbocycles. The lowest BCUT2D eigenvalue weighted by Crippen LogP contribution is -2.38. The van der Waals surface area contributed by atoms with Crippen LogP contribution >= 0.6 is 11.6 Å².